The fourth-order valence-corrected chi connectivity index (χ4v) is 0. The predicted molar refractivity (Wildman–Crippen MR) is 24.2 cm³/mol. The van der Waals surface area contributed by atoms with Crippen molar-refractivity contribution in [2.45, 2.75) is 13.8 Å². The Balaban J connectivity index is 0. The van der Waals surface area contributed by atoms with Gasteiger partial charge in [0.05, 0.1) is 5.91 Å². The smallest absolute Gasteiger partial charge is 0.0513 e. The average molecular weight is 324 g/mol. The Morgan fingerprint density at radius 2 is 1.71 bits per heavy atom. The van der Waals surface area contributed by atoms with E-state index in [0.717, 1.165) is 0 Å². The fourth-order valence-electron chi connectivity index (χ4n) is 0. The summed E-state index contributed by atoms with van der Waals surface area (Å²) in [4.78, 5) is 9.81. The minimum absolute atomic E-state index is 0. The summed E-state index contributed by atoms with van der Waals surface area (Å²) in [5.74, 6) is -0.611. The van der Waals surface area contributed by atoms with Crippen molar-refractivity contribution in [3.63, 3.8) is 0 Å². The summed E-state index contributed by atoms with van der Waals surface area (Å²) in [7, 11) is 0. The largest absolute Gasteiger partial charge is 0.668 e. The molecule has 0 aromatic carbocycles. The molecule has 3 heteroatoms. The number of carbonyl (C=O) groups is 1. The fraction of sp³-hybridized carbons (Fsp3) is 0.750. The van der Waals surface area contributed by atoms with E-state index in [4.69, 9.17) is 5.73 Å². The minimum Gasteiger partial charge on any atom is -0.668 e. The van der Waals surface area contributed by atoms with Crippen LogP contribution in [0.4, 0.5) is 0 Å². The van der Waals surface area contributed by atoms with E-state index in [9.17, 15) is 4.79 Å². The van der Waals surface area contributed by atoms with Gasteiger partial charge in [-0.15, -0.1) is 0 Å². The second kappa shape index (κ2) is 4.68. The van der Waals surface area contributed by atoms with Gasteiger partial charge in [-0.1, -0.05) is 13.8 Å². The molecule has 0 rings (SSSR count). The summed E-state index contributed by atoms with van der Waals surface area (Å²) in [6.07, 6.45) is 0. The van der Waals surface area contributed by atoms with Crippen molar-refractivity contribution >= 4 is 5.91 Å². The van der Waals surface area contributed by atoms with Crippen LogP contribution in [0.5, 0.6) is 0 Å². The van der Waals surface area contributed by atoms with Crippen LogP contribution in [0.25, 0.3) is 5.73 Å². The summed E-state index contributed by atoms with van der Waals surface area (Å²) >= 11 is 0. The van der Waals surface area contributed by atoms with E-state index in [2.05, 4.69) is 0 Å². The van der Waals surface area contributed by atoms with Gasteiger partial charge in [-0.25, -0.2) is 0 Å². The summed E-state index contributed by atoms with van der Waals surface area (Å²) in [6.45, 7) is 3.41. The Morgan fingerprint density at radius 1 is 1.57 bits per heavy atom. The van der Waals surface area contributed by atoms with E-state index >= 15 is 0 Å². The Labute approximate surface area is 67.2 Å². The molecule has 0 aromatic rings. The molecule has 0 aliphatic rings. The van der Waals surface area contributed by atoms with Gasteiger partial charge in [0.1, 0.15) is 0 Å². The quantitative estimate of drug-likeness (QED) is 0.715. The van der Waals surface area contributed by atoms with Gasteiger partial charge in [-0.05, 0) is 5.92 Å². The van der Waals surface area contributed by atoms with Crippen LogP contribution < -0.4 is 0 Å². The van der Waals surface area contributed by atoms with Gasteiger partial charge in [0, 0.05) is 31.1 Å². The van der Waals surface area contributed by atoms with E-state index in [0.29, 0.717) is 0 Å². The molecular formula is C4H8NOU-. The Morgan fingerprint density at radius 3 is 1.71 bits per heavy atom. The molecule has 7 heavy (non-hydrogen) atoms. The van der Waals surface area contributed by atoms with Gasteiger partial charge in [0.15, 0.2) is 0 Å². The maximum Gasteiger partial charge on any atom is 0.0513 e. The SMILES string of the molecule is CC(C)C([NH-])=O.[U]. The molecule has 0 spiro atoms. The van der Waals surface area contributed by atoms with E-state index in [1.165, 1.54) is 0 Å². The first kappa shape index (κ1) is 10.5. The van der Waals surface area contributed by atoms with Crippen LogP contribution in [0.1, 0.15) is 13.8 Å². The number of carbonyl (C=O) groups excluding carboxylic acids is 1. The minimum atomic E-state index is -0.491. The van der Waals surface area contributed by atoms with Crippen molar-refractivity contribution in [1.29, 1.82) is 0 Å². The molecule has 0 unspecified atom stereocenters. The van der Waals surface area contributed by atoms with Gasteiger partial charge in [-0.3, -0.25) is 0 Å². The molecule has 0 aliphatic carbocycles. The van der Waals surface area contributed by atoms with Gasteiger partial charge < -0.3 is 10.5 Å². The number of rotatable bonds is 1. The summed E-state index contributed by atoms with van der Waals surface area (Å²) in [6, 6.07) is 0. The van der Waals surface area contributed by atoms with Crippen molar-refractivity contribution in [3.05, 3.63) is 5.73 Å². The first-order chi connectivity index (χ1) is 2.64. The molecule has 0 bridgehead atoms. The maximum absolute atomic E-state index is 9.81. The Kier molecular flexibility index (Phi) is 7.01. The molecule has 2 nitrogen and oxygen atoms in total. The van der Waals surface area contributed by atoms with Crippen LogP contribution in [0.2, 0.25) is 0 Å². The molecule has 0 aromatic heterocycles. The molecule has 40 valence electrons. The summed E-state index contributed by atoms with van der Waals surface area (Å²) in [5.41, 5.74) is 6.39. The van der Waals surface area contributed by atoms with Crippen molar-refractivity contribution < 1.29 is 35.9 Å². The topological polar surface area (TPSA) is 40.9 Å². The first-order valence-electron chi connectivity index (χ1n) is 1.90. The van der Waals surface area contributed by atoms with Crippen LogP contribution in [0, 0.1) is 37.0 Å². The number of hydrogen-bond acceptors (Lipinski definition) is 1. The molecule has 0 heterocycles. The summed E-state index contributed by atoms with van der Waals surface area (Å²) < 4.78 is 0. The molecule has 0 atom stereocenters. The molecular weight excluding hydrogens is 316 g/mol. The van der Waals surface area contributed by atoms with Crippen molar-refractivity contribution in [3.8, 4) is 0 Å². The second-order valence-electron chi connectivity index (χ2n) is 1.52. The monoisotopic (exact) mass is 324 g/mol. The maximum atomic E-state index is 9.81. The zero-order valence-corrected chi connectivity index (χ0v) is 8.65. The third kappa shape index (κ3) is 6.52. The zero-order chi connectivity index (χ0) is 5.15. The molecule has 1 amide bonds. The molecule has 0 radical (unpaired) electrons. The average Bonchev–Trinajstić information content (AvgIpc) is 1.36. The van der Waals surface area contributed by atoms with Crippen LogP contribution in [0.3, 0.4) is 0 Å². The molecule has 0 saturated carbocycles. The van der Waals surface area contributed by atoms with Crippen LogP contribution in [-0.4, -0.2) is 5.91 Å². The van der Waals surface area contributed by atoms with Crippen LogP contribution in [-0.2, 0) is 4.79 Å². The van der Waals surface area contributed by atoms with E-state index in [1.54, 1.807) is 13.8 Å². The Bertz CT molecular complexity index is 62.7. The van der Waals surface area contributed by atoms with E-state index in [1.807, 2.05) is 0 Å². The molecule has 0 aliphatic heterocycles. The number of nitrogens with one attached hydrogen (secondary N) is 1. The number of amides is 1. The van der Waals surface area contributed by atoms with Crippen molar-refractivity contribution in [1.82, 2.24) is 0 Å². The predicted octanol–water partition coefficient (Wildman–Crippen LogP) is 1.22. The van der Waals surface area contributed by atoms with Crippen molar-refractivity contribution in [2.24, 2.45) is 5.92 Å². The normalized spacial score (nSPS) is 7.86. The summed E-state index contributed by atoms with van der Waals surface area (Å²) in [5, 5.41) is 0. The van der Waals surface area contributed by atoms with Crippen LogP contribution in [0.15, 0.2) is 0 Å². The zero-order valence-electron chi connectivity index (χ0n) is 4.49. The van der Waals surface area contributed by atoms with E-state index in [-0.39, 0.29) is 37.0 Å². The van der Waals surface area contributed by atoms with Gasteiger partial charge in [0.25, 0.3) is 0 Å². The third-order valence-electron chi connectivity index (χ3n) is 0.524. The molecule has 0 saturated heterocycles. The van der Waals surface area contributed by atoms with Gasteiger partial charge >= 0.3 is 0 Å². The second-order valence-corrected chi connectivity index (χ2v) is 1.52. The first-order valence-corrected chi connectivity index (χ1v) is 1.90. The molecule has 1 N–H and O–H groups in total. The third-order valence-corrected chi connectivity index (χ3v) is 0.524. The van der Waals surface area contributed by atoms with Crippen LogP contribution >= 0.6 is 0 Å². The van der Waals surface area contributed by atoms with Gasteiger partial charge in [0.2, 0.25) is 0 Å². The standard InChI is InChI=1S/C4H9NO.U/c1-3(2)4(5)6;/h3H,1-2H3,(H2,5,6);/p-1. The van der Waals surface area contributed by atoms with Gasteiger partial charge in [-0.2, -0.15) is 0 Å². The van der Waals surface area contributed by atoms with E-state index < -0.39 is 5.91 Å². The number of hydrogen-bond donors (Lipinski definition) is 0. The Hall–Kier alpha value is 0.522. The van der Waals surface area contributed by atoms with Crippen molar-refractivity contribution in [2.75, 3.05) is 0 Å². The molecule has 0 fully saturated rings.